The quantitative estimate of drug-likeness (QED) is 0.731. The molecule has 0 aromatic heterocycles. The summed E-state index contributed by atoms with van der Waals surface area (Å²) < 4.78 is 50.1. The lowest BCUT2D eigenvalue weighted by atomic mass is 9.97. The van der Waals surface area contributed by atoms with E-state index >= 15 is 0 Å². The van der Waals surface area contributed by atoms with Crippen molar-refractivity contribution in [2.24, 2.45) is 0 Å². The number of halogens is 4. The number of carbonyl (C=O) groups is 1. The Morgan fingerprint density at radius 2 is 1.77 bits per heavy atom. The SMILES string of the molecule is CCc1ccc([C@H](NCC(=O)NCC(F)(F)F)c2cccc(F)c2)cc1. The van der Waals surface area contributed by atoms with Crippen LogP contribution in [0.4, 0.5) is 17.6 Å². The lowest BCUT2D eigenvalue weighted by Crippen LogP contribution is -2.40. The number of amides is 1. The van der Waals surface area contributed by atoms with Gasteiger partial charge in [0.2, 0.25) is 5.91 Å². The lowest BCUT2D eigenvalue weighted by Gasteiger charge is -2.20. The number of rotatable bonds is 7. The topological polar surface area (TPSA) is 41.1 Å². The molecule has 0 aliphatic rings. The van der Waals surface area contributed by atoms with Gasteiger partial charge in [0, 0.05) is 0 Å². The van der Waals surface area contributed by atoms with Crippen molar-refractivity contribution in [1.82, 2.24) is 10.6 Å². The summed E-state index contributed by atoms with van der Waals surface area (Å²) in [6.07, 6.45) is -3.61. The van der Waals surface area contributed by atoms with Gasteiger partial charge in [-0.1, -0.05) is 43.3 Å². The Bertz CT molecular complexity index is 729. The van der Waals surface area contributed by atoms with Crippen molar-refractivity contribution >= 4 is 5.91 Å². The average molecular weight is 368 g/mol. The summed E-state index contributed by atoms with van der Waals surface area (Å²) in [6.45, 7) is 0.304. The molecule has 140 valence electrons. The fourth-order valence-electron chi connectivity index (χ4n) is 2.52. The van der Waals surface area contributed by atoms with Crippen LogP contribution in [-0.4, -0.2) is 25.2 Å². The van der Waals surface area contributed by atoms with E-state index in [4.69, 9.17) is 0 Å². The molecule has 0 bridgehead atoms. The Kier molecular flexibility index (Phi) is 6.74. The summed E-state index contributed by atoms with van der Waals surface area (Å²) in [5.41, 5.74) is 2.49. The first-order valence-corrected chi connectivity index (χ1v) is 8.19. The van der Waals surface area contributed by atoms with E-state index in [0.29, 0.717) is 5.56 Å². The van der Waals surface area contributed by atoms with Crippen LogP contribution >= 0.6 is 0 Å². The highest BCUT2D eigenvalue weighted by molar-refractivity contribution is 5.78. The molecular weight excluding hydrogens is 348 g/mol. The molecule has 0 spiro atoms. The van der Waals surface area contributed by atoms with E-state index in [1.807, 2.05) is 36.5 Å². The van der Waals surface area contributed by atoms with Crippen LogP contribution in [0.3, 0.4) is 0 Å². The predicted octanol–water partition coefficient (Wildman–Crippen LogP) is 3.75. The minimum absolute atomic E-state index is 0.327. The van der Waals surface area contributed by atoms with E-state index < -0.39 is 30.5 Å². The first-order chi connectivity index (χ1) is 12.3. The maximum absolute atomic E-state index is 13.6. The van der Waals surface area contributed by atoms with E-state index in [9.17, 15) is 22.4 Å². The lowest BCUT2D eigenvalue weighted by molar-refractivity contribution is -0.137. The molecular formula is C19H20F4N2O. The van der Waals surface area contributed by atoms with Crippen molar-refractivity contribution in [1.29, 1.82) is 0 Å². The Morgan fingerprint density at radius 3 is 2.35 bits per heavy atom. The molecule has 0 heterocycles. The Hall–Kier alpha value is -2.41. The van der Waals surface area contributed by atoms with Crippen LogP contribution < -0.4 is 10.6 Å². The molecule has 26 heavy (non-hydrogen) atoms. The summed E-state index contributed by atoms with van der Waals surface area (Å²) >= 11 is 0. The van der Waals surface area contributed by atoms with Crippen molar-refractivity contribution in [3.8, 4) is 0 Å². The number of nitrogens with one attached hydrogen (secondary N) is 2. The van der Waals surface area contributed by atoms with Gasteiger partial charge in [0.25, 0.3) is 0 Å². The number of benzene rings is 2. The van der Waals surface area contributed by atoms with Gasteiger partial charge in [0.1, 0.15) is 12.4 Å². The molecule has 2 aromatic carbocycles. The number of carbonyl (C=O) groups excluding carboxylic acids is 1. The number of alkyl halides is 3. The molecule has 0 fully saturated rings. The second-order valence-electron chi connectivity index (χ2n) is 5.86. The van der Waals surface area contributed by atoms with Crippen molar-refractivity contribution in [2.75, 3.05) is 13.1 Å². The molecule has 0 saturated heterocycles. The summed E-state index contributed by atoms with van der Waals surface area (Å²) in [4.78, 5) is 11.7. The predicted molar refractivity (Wildman–Crippen MR) is 91.1 cm³/mol. The second-order valence-corrected chi connectivity index (χ2v) is 5.86. The normalized spacial score (nSPS) is 12.7. The molecule has 2 rings (SSSR count). The van der Waals surface area contributed by atoms with Gasteiger partial charge in [-0.15, -0.1) is 0 Å². The zero-order valence-electron chi connectivity index (χ0n) is 14.2. The van der Waals surface area contributed by atoms with Gasteiger partial charge in [-0.05, 0) is 35.2 Å². The minimum atomic E-state index is -4.46. The average Bonchev–Trinajstić information content (AvgIpc) is 2.60. The van der Waals surface area contributed by atoms with E-state index in [2.05, 4.69) is 5.32 Å². The van der Waals surface area contributed by atoms with Crippen molar-refractivity contribution in [3.63, 3.8) is 0 Å². The Morgan fingerprint density at radius 1 is 1.08 bits per heavy atom. The van der Waals surface area contributed by atoms with Crippen LogP contribution in [0.5, 0.6) is 0 Å². The van der Waals surface area contributed by atoms with Crippen molar-refractivity contribution in [3.05, 3.63) is 71.0 Å². The van der Waals surface area contributed by atoms with Crippen LogP contribution in [0.2, 0.25) is 0 Å². The molecule has 2 N–H and O–H groups in total. The molecule has 0 aliphatic carbocycles. The van der Waals surface area contributed by atoms with Gasteiger partial charge in [-0.3, -0.25) is 10.1 Å². The highest BCUT2D eigenvalue weighted by Gasteiger charge is 2.27. The number of hydrogen-bond acceptors (Lipinski definition) is 2. The van der Waals surface area contributed by atoms with Crippen LogP contribution in [0.25, 0.3) is 0 Å². The third-order valence-electron chi connectivity index (χ3n) is 3.86. The highest BCUT2D eigenvalue weighted by Crippen LogP contribution is 2.23. The molecule has 0 unspecified atom stereocenters. The summed E-state index contributed by atoms with van der Waals surface area (Å²) in [5.74, 6) is -1.21. The largest absolute Gasteiger partial charge is 0.405 e. The zero-order chi connectivity index (χ0) is 19.2. The van der Waals surface area contributed by atoms with Crippen LogP contribution in [0, 0.1) is 5.82 Å². The first-order valence-electron chi connectivity index (χ1n) is 8.19. The van der Waals surface area contributed by atoms with E-state index in [0.717, 1.165) is 17.5 Å². The van der Waals surface area contributed by atoms with Crippen molar-refractivity contribution in [2.45, 2.75) is 25.6 Å². The van der Waals surface area contributed by atoms with Gasteiger partial charge in [0.15, 0.2) is 0 Å². The van der Waals surface area contributed by atoms with E-state index in [-0.39, 0.29) is 6.54 Å². The maximum Gasteiger partial charge on any atom is 0.405 e. The van der Waals surface area contributed by atoms with Crippen molar-refractivity contribution < 1.29 is 22.4 Å². The smallest absolute Gasteiger partial charge is 0.346 e. The molecule has 7 heteroatoms. The third kappa shape index (κ3) is 6.15. The molecule has 0 saturated carbocycles. The Labute approximate surface area is 149 Å². The minimum Gasteiger partial charge on any atom is -0.346 e. The van der Waals surface area contributed by atoms with Gasteiger partial charge in [-0.25, -0.2) is 4.39 Å². The van der Waals surface area contributed by atoms with Gasteiger partial charge in [-0.2, -0.15) is 13.2 Å². The molecule has 2 aromatic rings. The maximum atomic E-state index is 13.6. The van der Waals surface area contributed by atoms with E-state index in [1.54, 1.807) is 12.1 Å². The van der Waals surface area contributed by atoms with Gasteiger partial charge in [0.05, 0.1) is 12.6 Å². The number of aryl methyl sites for hydroxylation is 1. The van der Waals surface area contributed by atoms with Crippen LogP contribution in [0.15, 0.2) is 48.5 Å². The molecule has 3 nitrogen and oxygen atoms in total. The van der Waals surface area contributed by atoms with Gasteiger partial charge < -0.3 is 5.32 Å². The fraction of sp³-hybridized carbons (Fsp3) is 0.316. The molecule has 0 radical (unpaired) electrons. The molecule has 0 aliphatic heterocycles. The second kappa shape index (κ2) is 8.80. The fourth-order valence-corrected chi connectivity index (χ4v) is 2.52. The third-order valence-corrected chi connectivity index (χ3v) is 3.86. The first kappa shape index (κ1) is 19.9. The molecule has 1 amide bonds. The monoisotopic (exact) mass is 368 g/mol. The Balaban J connectivity index is 2.14. The standard InChI is InChI=1S/C19H20F4N2O/c1-2-13-6-8-14(9-7-13)18(15-4-3-5-16(20)10-15)24-11-17(26)25-12-19(21,22)23/h3-10,18,24H,2,11-12H2,1H3,(H,25,26)/t18-/m0/s1. The molecule has 1 atom stereocenters. The highest BCUT2D eigenvalue weighted by atomic mass is 19.4. The van der Waals surface area contributed by atoms with Crippen LogP contribution in [-0.2, 0) is 11.2 Å². The summed E-state index contributed by atoms with van der Waals surface area (Å²) in [7, 11) is 0. The van der Waals surface area contributed by atoms with E-state index in [1.165, 1.54) is 12.1 Å². The number of hydrogen-bond donors (Lipinski definition) is 2. The van der Waals surface area contributed by atoms with Gasteiger partial charge >= 0.3 is 6.18 Å². The summed E-state index contributed by atoms with van der Waals surface area (Å²) in [5, 5.41) is 4.72. The zero-order valence-corrected chi connectivity index (χ0v) is 14.2. The van der Waals surface area contributed by atoms with Crippen LogP contribution in [0.1, 0.15) is 29.7 Å². The summed E-state index contributed by atoms with van der Waals surface area (Å²) in [6, 6.07) is 12.9.